The van der Waals surface area contributed by atoms with Crippen LogP contribution in [0.1, 0.15) is 11.1 Å². The van der Waals surface area contributed by atoms with E-state index in [1.54, 1.807) is 18.2 Å². The summed E-state index contributed by atoms with van der Waals surface area (Å²) >= 11 is 6.73. The van der Waals surface area contributed by atoms with Crippen LogP contribution >= 0.6 is 31.9 Å². The number of nitrogens with one attached hydrogen (secondary N) is 1. The van der Waals surface area contributed by atoms with Crippen LogP contribution in [0.25, 0.3) is 0 Å². The lowest BCUT2D eigenvalue weighted by molar-refractivity contribution is 0.626. The van der Waals surface area contributed by atoms with Crippen LogP contribution in [0.3, 0.4) is 0 Å². The van der Waals surface area contributed by atoms with Crippen LogP contribution in [0.15, 0.2) is 45.3 Å². The van der Waals surface area contributed by atoms with E-state index in [4.69, 9.17) is 5.26 Å². The van der Waals surface area contributed by atoms with Crippen LogP contribution in [0.4, 0.5) is 10.1 Å². The Kier molecular flexibility index (Phi) is 4.56. The molecule has 19 heavy (non-hydrogen) atoms. The highest BCUT2D eigenvalue weighted by Crippen LogP contribution is 2.25. The van der Waals surface area contributed by atoms with Gasteiger partial charge in [-0.1, -0.05) is 22.0 Å². The molecule has 0 heterocycles. The summed E-state index contributed by atoms with van der Waals surface area (Å²) in [7, 11) is 0. The van der Waals surface area contributed by atoms with Gasteiger partial charge < -0.3 is 5.32 Å². The van der Waals surface area contributed by atoms with Gasteiger partial charge in [0.2, 0.25) is 0 Å². The summed E-state index contributed by atoms with van der Waals surface area (Å²) < 4.78 is 14.5. The normalized spacial score (nSPS) is 10.0. The summed E-state index contributed by atoms with van der Waals surface area (Å²) in [6.45, 7) is 0.561. The largest absolute Gasteiger partial charge is 0.380 e. The van der Waals surface area contributed by atoms with Crippen molar-refractivity contribution in [1.29, 1.82) is 5.26 Å². The summed E-state index contributed by atoms with van der Waals surface area (Å²) in [4.78, 5) is 0. The van der Waals surface area contributed by atoms with Crippen molar-refractivity contribution in [1.82, 2.24) is 0 Å². The fourth-order valence-electron chi connectivity index (χ4n) is 1.58. The maximum absolute atomic E-state index is 13.0. The molecule has 0 aliphatic rings. The van der Waals surface area contributed by atoms with Crippen molar-refractivity contribution in [3.05, 3.63) is 62.3 Å². The lowest BCUT2D eigenvalue weighted by Gasteiger charge is -2.10. The third kappa shape index (κ3) is 3.55. The van der Waals surface area contributed by atoms with Gasteiger partial charge in [0, 0.05) is 21.2 Å². The first-order chi connectivity index (χ1) is 9.10. The minimum Gasteiger partial charge on any atom is -0.380 e. The Bertz CT molecular complexity index is 650. The van der Waals surface area contributed by atoms with Crippen molar-refractivity contribution in [3.63, 3.8) is 0 Å². The molecule has 0 bridgehead atoms. The molecule has 2 nitrogen and oxygen atoms in total. The molecule has 0 spiro atoms. The zero-order valence-corrected chi connectivity index (χ0v) is 12.9. The fraction of sp³-hybridized carbons (Fsp3) is 0.0714. The molecule has 2 aromatic carbocycles. The van der Waals surface area contributed by atoms with Crippen LogP contribution < -0.4 is 5.32 Å². The third-order valence-electron chi connectivity index (χ3n) is 2.58. The fourth-order valence-corrected chi connectivity index (χ4v) is 2.59. The van der Waals surface area contributed by atoms with Crippen LogP contribution in [0.2, 0.25) is 0 Å². The molecule has 0 aliphatic carbocycles. The topological polar surface area (TPSA) is 35.8 Å². The maximum atomic E-state index is 13.0. The van der Waals surface area contributed by atoms with E-state index in [-0.39, 0.29) is 5.82 Å². The summed E-state index contributed by atoms with van der Waals surface area (Å²) in [6, 6.07) is 12.0. The van der Waals surface area contributed by atoms with E-state index in [0.29, 0.717) is 12.1 Å². The van der Waals surface area contributed by atoms with Crippen LogP contribution in [-0.2, 0) is 6.54 Å². The monoisotopic (exact) mass is 382 g/mol. The van der Waals surface area contributed by atoms with Crippen molar-refractivity contribution < 1.29 is 4.39 Å². The van der Waals surface area contributed by atoms with Crippen molar-refractivity contribution >= 4 is 37.5 Å². The minimum absolute atomic E-state index is 0.268. The third-order valence-corrected chi connectivity index (χ3v) is 3.98. The highest BCUT2D eigenvalue weighted by atomic mass is 79.9. The molecule has 2 aromatic rings. The Morgan fingerprint density at radius 1 is 1.11 bits per heavy atom. The van der Waals surface area contributed by atoms with Crippen molar-refractivity contribution in [2.24, 2.45) is 0 Å². The van der Waals surface area contributed by atoms with E-state index in [1.165, 1.54) is 12.1 Å². The van der Waals surface area contributed by atoms with E-state index < -0.39 is 0 Å². The number of benzene rings is 2. The molecule has 0 radical (unpaired) electrons. The molecule has 5 heteroatoms. The number of nitriles is 1. The molecule has 0 amide bonds. The highest BCUT2D eigenvalue weighted by Gasteiger charge is 2.04. The number of halogens is 3. The van der Waals surface area contributed by atoms with Gasteiger partial charge in [-0.2, -0.15) is 5.26 Å². The molecule has 0 atom stereocenters. The molecule has 0 fully saturated rings. The van der Waals surface area contributed by atoms with E-state index in [0.717, 1.165) is 20.2 Å². The summed E-state index contributed by atoms with van der Waals surface area (Å²) in [5.41, 5.74) is 2.44. The second-order valence-corrected chi connectivity index (χ2v) is 5.60. The lowest BCUT2D eigenvalue weighted by atomic mass is 10.2. The molecule has 0 saturated carbocycles. The highest BCUT2D eigenvalue weighted by molar-refractivity contribution is 9.11. The minimum atomic E-state index is -0.268. The molecular formula is C14H9Br2FN2. The first-order valence-corrected chi connectivity index (χ1v) is 7.06. The quantitative estimate of drug-likeness (QED) is 0.823. The molecule has 2 rings (SSSR count). The van der Waals surface area contributed by atoms with Gasteiger partial charge in [-0.15, -0.1) is 0 Å². The van der Waals surface area contributed by atoms with Gasteiger partial charge >= 0.3 is 0 Å². The number of rotatable bonds is 3. The first kappa shape index (κ1) is 14.0. The zero-order valence-electron chi connectivity index (χ0n) is 9.75. The standard InChI is InChI=1S/C14H9Br2FN2/c15-12-6-11(17)3-2-10(12)8-19-14-4-1-9(7-18)5-13(14)16/h1-6,19H,8H2. The van der Waals surface area contributed by atoms with Gasteiger partial charge in [-0.05, 0) is 51.8 Å². The summed E-state index contributed by atoms with van der Waals surface area (Å²) in [5.74, 6) is -0.268. The SMILES string of the molecule is N#Cc1ccc(NCc2ccc(F)cc2Br)c(Br)c1. The molecule has 0 saturated heterocycles. The predicted octanol–water partition coefficient (Wildman–Crippen LogP) is 4.83. The molecular weight excluding hydrogens is 375 g/mol. The summed E-state index contributed by atoms with van der Waals surface area (Å²) in [6.07, 6.45) is 0. The molecule has 96 valence electrons. The van der Waals surface area contributed by atoms with E-state index >= 15 is 0 Å². The Morgan fingerprint density at radius 2 is 1.89 bits per heavy atom. The lowest BCUT2D eigenvalue weighted by Crippen LogP contribution is -2.01. The molecule has 0 aromatic heterocycles. The van der Waals surface area contributed by atoms with Crippen molar-refractivity contribution in [2.45, 2.75) is 6.54 Å². The average Bonchev–Trinajstić information content (AvgIpc) is 2.39. The Morgan fingerprint density at radius 3 is 2.53 bits per heavy atom. The van der Waals surface area contributed by atoms with Gasteiger partial charge in [0.25, 0.3) is 0 Å². The maximum Gasteiger partial charge on any atom is 0.124 e. The van der Waals surface area contributed by atoms with Crippen molar-refractivity contribution in [2.75, 3.05) is 5.32 Å². The van der Waals surface area contributed by atoms with Gasteiger partial charge in [-0.3, -0.25) is 0 Å². The Labute approximate surface area is 127 Å². The van der Waals surface area contributed by atoms with E-state index in [1.807, 2.05) is 6.07 Å². The number of nitrogens with zero attached hydrogens (tertiary/aromatic N) is 1. The van der Waals surface area contributed by atoms with Crippen LogP contribution in [-0.4, -0.2) is 0 Å². The van der Waals surface area contributed by atoms with Gasteiger partial charge in [0.15, 0.2) is 0 Å². The predicted molar refractivity (Wildman–Crippen MR) is 80.3 cm³/mol. The van der Waals surface area contributed by atoms with Gasteiger partial charge in [0.05, 0.1) is 11.6 Å². The van der Waals surface area contributed by atoms with E-state index in [2.05, 4.69) is 43.2 Å². The molecule has 0 aliphatic heterocycles. The number of hydrogen-bond donors (Lipinski definition) is 1. The van der Waals surface area contributed by atoms with Gasteiger partial charge in [-0.25, -0.2) is 4.39 Å². The molecule has 0 unspecified atom stereocenters. The van der Waals surface area contributed by atoms with E-state index in [9.17, 15) is 4.39 Å². The number of hydrogen-bond acceptors (Lipinski definition) is 2. The Balaban J connectivity index is 2.13. The first-order valence-electron chi connectivity index (χ1n) is 5.47. The van der Waals surface area contributed by atoms with Crippen LogP contribution in [0, 0.1) is 17.1 Å². The second kappa shape index (κ2) is 6.18. The van der Waals surface area contributed by atoms with Crippen molar-refractivity contribution in [3.8, 4) is 6.07 Å². The Hall–Kier alpha value is -1.38. The van der Waals surface area contributed by atoms with Crippen LogP contribution in [0.5, 0.6) is 0 Å². The smallest absolute Gasteiger partial charge is 0.124 e. The van der Waals surface area contributed by atoms with Gasteiger partial charge in [0.1, 0.15) is 5.82 Å². The second-order valence-electron chi connectivity index (χ2n) is 3.90. The zero-order chi connectivity index (χ0) is 13.8. The summed E-state index contributed by atoms with van der Waals surface area (Å²) in [5, 5.41) is 12.0. The number of anilines is 1. The molecule has 1 N–H and O–H groups in total. The average molecular weight is 384 g/mol.